The highest BCUT2D eigenvalue weighted by Gasteiger charge is 2.19. The molecular weight excluding hydrogens is 268 g/mol. The van der Waals surface area contributed by atoms with Crippen molar-refractivity contribution in [2.75, 3.05) is 13.7 Å². The van der Waals surface area contributed by atoms with Gasteiger partial charge in [0.2, 0.25) is 0 Å². The monoisotopic (exact) mass is 294 g/mol. The molecule has 1 aromatic rings. The van der Waals surface area contributed by atoms with Gasteiger partial charge in [-0.3, -0.25) is 10.1 Å². The lowest BCUT2D eigenvalue weighted by molar-refractivity contribution is -0.385. The molecule has 0 aromatic heterocycles. The highest BCUT2D eigenvalue weighted by Crippen LogP contribution is 2.26. The number of rotatable bonds is 9. The Hall–Kier alpha value is -1.62. The number of hydrogen-bond donors (Lipinski definition) is 1. The van der Waals surface area contributed by atoms with E-state index in [9.17, 15) is 10.1 Å². The summed E-state index contributed by atoms with van der Waals surface area (Å²) in [6.45, 7) is 7.39. The maximum atomic E-state index is 11.2. The SMILES string of the molecule is CCCNC(Cc1ccc(OC)cc1[N+](=O)[O-])CC(C)C. The van der Waals surface area contributed by atoms with Crippen molar-refractivity contribution in [3.05, 3.63) is 33.9 Å². The number of ether oxygens (including phenoxy) is 1. The molecule has 5 heteroatoms. The molecule has 1 aromatic carbocycles. The van der Waals surface area contributed by atoms with Crippen LogP contribution in [0.1, 0.15) is 39.2 Å². The summed E-state index contributed by atoms with van der Waals surface area (Å²) < 4.78 is 5.07. The molecule has 0 aliphatic heterocycles. The van der Waals surface area contributed by atoms with Crippen LogP contribution in [0.4, 0.5) is 5.69 Å². The van der Waals surface area contributed by atoms with Gasteiger partial charge < -0.3 is 10.1 Å². The van der Waals surface area contributed by atoms with E-state index < -0.39 is 0 Å². The molecule has 1 rings (SSSR count). The van der Waals surface area contributed by atoms with Crippen LogP contribution in [0.5, 0.6) is 5.75 Å². The number of nitrogens with one attached hydrogen (secondary N) is 1. The molecule has 0 radical (unpaired) electrons. The van der Waals surface area contributed by atoms with Gasteiger partial charge in [-0.2, -0.15) is 0 Å². The molecule has 0 heterocycles. The minimum atomic E-state index is -0.329. The van der Waals surface area contributed by atoms with Gasteiger partial charge in [0.25, 0.3) is 5.69 Å². The van der Waals surface area contributed by atoms with Crippen LogP contribution < -0.4 is 10.1 Å². The van der Waals surface area contributed by atoms with Gasteiger partial charge in [-0.05, 0) is 43.9 Å². The first-order valence-corrected chi connectivity index (χ1v) is 7.52. The standard InChI is InChI=1S/C16H26N2O3/c1-5-8-17-14(9-12(2)3)10-13-6-7-15(21-4)11-16(13)18(19)20/h6-7,11-12,14,17H,5,8-10H2,1-4H3. The number of methoxy groups -OCH3 is 1. The first-order valence-electron chi connectivity index (χ1n) is 7.52. The largest absolute Gasteiger partial charge is 0.497 e. The van der Waals surface area contributed by atoms with Gasteiger partial charge in [-0.25, -0.2) is 0 Å². The van der Waals surface area contributed by atoms with Crippen molar-refractivity contribution in [3.8, 4) is 5.75 Å². The van der Waals surface area contributed by atoms with E-state index in [1.165, 1.54) is 13.2 Å². The molecule has 0 spiro atoms. The third kappa shape index (κ3) is 5.71. The van der Waals surface area contributed by atoms with Crippen molar-refractivity contribution in [1.82, 2.24) is 5.32 Å². The first kappa shape index (κ1) is 17.4. The average Bonchev–Trinajstić information content (AvgIpc) is 2.44. The van der Waals surface area contributed by atoms with Crippen LogP contribution in [0.25, 0.3) is 0 Å². The highest BCUT2D eigenvalue weighted by atomic mass is 16.6. The number of nitrogens with zero attached hydrogens (tertiary/aromatic N) is 1. The molecule has 1 atom stereocenters. The summed E-state index contributed by atoms with van der Waals surface area (Å²) >= 11 is 0. The van der Waals surface area contributed by atoms with Gasteiger partial charge >= 0.3 is 0 Å². The van der Waals surface area contributed by atoms with E-state index in [2.05, 4.69) is 26.1 Å². The maximum Gasteiger partial charge on any atom is 0.276 e. The van der Waals surface area contributed by atoms with E-state index in [0.29, 0.717) is 18.1 Å². The van der Waals surface area contributed by atoms with Crippen molar-refractivity contribution in [1.29, 1.82) is 0 Å². The zero-order valence-corrected chi connectivity index (χ0v) is 13.4. The second-order valence-electron chi connectivity index (χ2n) is 5.74. The molecule has 0 saturated heterocycles. The predicted octanol–water partition coefficient (Wildman–Crippen LogP) is 3.56. The number of nitro groups is 1. The lowest BCUT2D eigenvalue weighted by atomic mass is 9.96. The van der Waals surface area contributed by atoms with Gasteiger partial charge in [0.05, 0.1) is 18.1 Å². The Kier molecular flexibility index (Phi) is 7.15. The Morgan fingerprint density at radius 3 is 2.62 bits per heavy atom. The van der Waals surface area contributed by atoms with Gasteiger partial charge in [-0.1, -0.05) is 20.8 Å². The predicted molar refractivity (Wildman–Crippen MR) is 84.9 cm³/mol. The zero-order valence-electron chi connectivity index (χ0n) is 13.4. The highest BCUT2D eigenvalue weighted by molar-refractivity contribution is 5.46. The summed E-state index contributed by atoms with van der Waals surface area (Å²) in [4.78, 5) is 10.9. The lowest BCUT2D eigenvalue weighted by Gasteiger charge is -2.20. The van der Waals surface area contributed by atoms with Crippen molar-refractivity contribution >= 4 is 5.69 Å². The van der Waals surface area contributed by atoms with Gasteiger partial charge in [0.15, 0.2) is 0 Å². The smallest absolute Gasteiger partial charge is 0.276 e. The minimum Gasteiger partial charge on any atom is -0.497 e. The van der Waals surface area contributed by atoms with Crippen molar-refractivity contribution in [3.63, 3.8) is 0 Å². The Morgan fingerprint density at radius 1 is 1.38 bits per heavy atom. The average molecular weight is 294 g/mol. The number of hydrogen-bond acceptors (Lipinski definition) is 4. The summed E-state index contributed by atoms with van der Waals surface area (Å²) in [5, 5.41) is 14.7. The summed E-state index contributed by atoms with van der Waals surface area (Å²) in [5.74, 6) is 1.07. The molecule has 0 amide bonds. The molecule has 21 heavy (non-hydrogen) atoms. The summed E-state index contributed by atoms with van der Waals surface area (Å²) in [7, 11) is 1.52. The summed E-state index contributed by atoms with van der Waals surface area (Å²) in [6, 6.07) is 5.35. The fourth-order valence-electron chi connectivity index (χ4n) is 2.43. The Morgan fingerprint density at radius 2 is 2.10 bits per heavy atom. The molecule has 0 bridgehead atoms. The van der Waals surface area contributed by atoms with E-state index in [1.807, 2.05) is 0 Å². The van der Waals surface area contributed by atoms with Crippen LogP contribution in [-0.2, 0) is 6.42 Å². The molecule has 0 fully saturated rings. The normalized spacial score (nSPS) is 12.4. The molecular formula is C16H26N2O3. The van der Waals surface area contributed by atoms with Crippen LogP contribution in [0, 0.1) is 16.0 Å². The van der Waals surface area contributed by atoms with Crippen molar-refractivity contribution in [2.24, 2.45) is 5.92 Å². The van der Waals surface area contributed by atoms with Crippen LogP contribution in [0.3, 0.4) is 0 Å². The molecule has 0 aliphatic carbocycles. The second-order valence-corrected chi connectivity index (χ2v) is 5.74. The first-order chi connectivity index (χ1) is 9.97. The minimum absolute atomic E-state index is 0.140. The van der Waals surface area contributed by atoms with E-state index in [1.54, 1.807) is 12.1 Å². The zero-order chi connectivity index (χ0) is 15.8. The molecule has 1 unspecified atom stereocenters. The fourth-order valence-corrected chi connectivity index (χ4v) is 2.43. The summed E-state index contributed by atoms with van der Waals surface area (Å²) in [6.07, 6.45) is 2.72. The van der Waals surface area contributed by atoms with Crippen LogP contribution >= 0.6 is 0 Å². The van der Waals surface area contributed by atoms with Crippen LogP contribution in [0.15, 0.2) is 18.2 Å². The van der Waals surface area contributed by atoms with E-state index in [-0.39, 0.29) is 16.7 Å². The molecule has 1 N–H and O–H groups in total. The van der Waals surface area contributed by atoms with Crippen molar-refractivity contribution < 1.29 is 9.66 Å². The molecule has 118 valence electrons. The van der Waals surface area contributed by atoms with E-state index in [0.717, 1.165) is 24.9 Å². The third-order valence-corrected chi connectivity index (χ3v) is 3.39. The third-order valence-electron chi connectivity index (χ3n) is 3.39. The maximum absolute atomic E-state index is 11.2. The molecule has 5 nitrogen and oxygen atoms in total. The number of nitro benzene ring substituents is 1. The van der Waals surface area contributed by atoms with Gasteiger partial charge in [0.1, 0.15) is 5.75 Å². The van der Waals surface area contributed by atoms with E-state index in [4.69, 9.17) is 4.74 Å². The number of benzene rings is 1. The summed E-state index contributed by atoms with van der Waals surface area (Å²) in [5.41, 5.74) is 0.899. The molecule has 0 aliphatic rings. The fraction of sp³-hybridized carbons (Fsp3) is 0.625. The Labute approximate surface area is 126 Å². The van der Waals surface area contributed by atoms with Gasteiger partial charge in [0, 0.05) is 11.6 Å². The van der Waals surface area contributed by atoms with Crippen LogP contribution in [-0.4, -0.2) is 24.6 Å². The Bertz CT molecular complexity index is 461. The van der Waals surface area contributed by atoms with Crippen molar-refractivity contribution in [2.45, 2.75) is 46.1 Å². The quantitative estimate of drug-likeness (QED) is 0.558. The second kappa shape index (κ2) is 8.62. The van der Waals surface area contributed by atoms with E-state index >= 15 is 0 Å². The Balaban J connectivity index is 2.93. The molecule has 0 saturated carbocycles. The van der Waals surface area contributed by atoms with Crippen LogP contribution in [0.2, 0.25) is 0 Å². The lowest BCUT2D eigenvalue weighted by Crippen LogP contribution is -2.33. The van der Waals surface area contributed by atoms with Gasteiger partial charge in [-0.15, -0.1) is 0 Å². The topological polar surface area (TPSA) is 64.4 Å².